The SMILES string of the molecule is COCOc1cc(Nc2cc(C)nn2Cc2ccc(OC)cc2)c(C(=O)N2Cc3ccccc3C2)c(OCOC)c1. The van der Waals surface area contributed by atoms with Gasteiger partial charge in [0.2, 0.25) is 0 Å². The summed E-state index contributed by atoms with van der Waals surface area (Å²) in [4.78, 5) is 15.9. The zero-order chi connectivity index (χ0) is 28.8. The van der Waals surface area contributed by atoms with Crippen LogP contribution in [0.25, 0.3) is 0 Å². The van der Waals surface area contributed by atoms with Crippen LogP contribution in [-0.4, -0.2) is 55.5 Å². The lowest BCUT2D eigenvalue weighted by Gasteiger charge is -2.22. The predicted molar refractivity (Wildman–Crippen MR) is 154 cm³/mol. The molecule has 1 N–H and O–H groups in total. The molecule has 214 valence electrons. The molecule has 0 fully saturated rings. The van der Waals surface area contributed by atoms with E-state index in [1.807, 2.05) is 66.2 Å². The molecule has 5 rings (SSSR count). The number of fused-ring (bicyclic) bond motifs is 1. The molecule has 10 heteroatoms. The molecule has 41 heavy (non-hydrogen) atoms. The molecule has 3 aromatic carbocycles. The van der Waals surface area contributed by atoms with Crippen molar-refractivity contribution in [2.24, 2.45) is 0 Å². The largest absolute Gasteiger partial charge is 0.497 e. The van der Waals surface area contributed by atoms with Crippen LogP contribution in [0.1, 0.15) is 32.7 Å². The number of aryl methyl sites for hydroxylation is 1. The second-order valence-corrected chi connectivity index (χ2v) is 9.68. The zero-order valence-electron chi connectivity index (χ0n) is 23.7. The van der Waals surface area contributed by atoms with Crippen molar-refractivity contribution in [1.29, 1.82) is 0 Å². The summed E-state index contributed by atoms with van der Waals surface area (Å²) in [5.41, 5.74) is 5.01. The number of amides is 1. The number of benzene rings is 3. The smallest absolute Gasteiger partial charge is 0.260 e. The summed E-state index contributed by atoms with van der Waals surface area (Å²) in [5, 5.41) is 8.14. The van der Waals surface area contributed by atoms with Gasteiger partial charge in [-0.2, -0.15) is 5.10 Å². The Morgan fingerprint density at radius 3 is 2.22 bits per heavy atom. The highest BCUT2D eigenvalue weighted by molar-refractivity contribution is 6.03. The summed E-state index contributed by atoms with van der Waals surface area (Å²) in [6.07, 6.45) is 0. The van der Waals surface area contributed by atoms with E-state index in [2.05, 4.69) is 5.32 Å². The van der Waals surface area contributed by atoms with Gasteiger partial charge in [-0.1, -0.05) is 36.4 Å². The molecule has 0 unspecified atom stereocenters. The molecule has 1 amide bonds. The first-order chi connectivity index (χ1) is 20.0. The molecular weight excluding hydrogens is 524 g/mol. The van der Waals surface area contributed by atoms with Crippen LogP contribution in [0, 0.1) is 6.92 Å². The van der Waals surface area contributed by atoms with Crippen molar-refractivity contribution < 1.29 is 28.5 Å². The fourth-order valence-corrected chi connectivity index (χ4v) is 4.80. The van der Waals surface area contributed by atoms with E-state index < -0.39 is 0 Å². The lowest BCUT2D eigenvalue weighted by molar-refractivity contribution is 0.0450. The number of hydrogen-bond acceptors (Lipinski definition) is 8. The maximum atomic E-state index is 14.1. The summed E-state index contributed by atoms with van der Waals surface area (Å²) < 4.78 is 29.2. The summed E-state index contributed by atoms with van der Waals surface area (Å²) in [5.74, 6) is 2.12. The number of ether oxygens (including phenoxy) is 5. The normalized spacial score (nSPS) is 12.2. The third-order valence-electron chi connectivity index (χ3n) is 6.75. The minimum Gasteiger partial charge on any atom is -0.497 e. The average Bonchev–Trinajstić information content (AvgIpc) is 3.57. The molecule has 0 saturated carbocycles. The topological polar surface area (TPSA) is 96.3 Å². The van der Waals surface area contributed by atoms with Crippen molar-refractivity contribution in [3.63, 3.8) is 0 Å². The quantitative estimate of drug-likeness (QED) is 0.240. The highest BCUT2D eigenvalue weighted by atomic mass is 16.7. The Kier molecular flexibility index (Phi) is 8.71. The summed E-state index contributed by atoms with van der Waals surface area (Å²) >= 11 is 0. The van der Waals surface area contributed by atoms with Crippen molar-refractivity contribution in [3.8, 4) is 17.2 Å². The Labute approximate surface area is 239 Å². The zero-order valence-corrected chi connectivity index (χ0v) is 23.7. The van der Waals surface area contributed by atoms with E-state index >= 15 is 0 Å². The van der Waals surface area contributed by atoms with Crippen LogP contribution in [0.4, 0.5) is 11.5 Å². The number of anilines is 2. The van der Waals surface area contributed by atoms with Crippen LogP contribution in [0.5, 0.6) is 17.2 Å². The van der Waals surface area contributed by atoms with E-state index in [4.69, 9.17) is 28.8 Å². The van der Waals surface area contributed by atoms with E-state index in [1.54, 1.807) is 31.3 Å². The number of carbonyl (C=O) groups excluding carboxylic acids is 1. The number of aromatic nitrogens is 2. The molecule has 0 aliphatic carbocycles. The highest BCUT2D eigenvalue weighted by Crippen LogP contribution is 2.37. The molecule has 1 aromatic heterocycles. The molecule has 2 heterocycles. The minimum absolute atomic E-state index is 0.0341. The number of nitrogens with one attached hydrogen (secondary N) is 1. The highest BCUT2D eigenvalue weighted by Gasteiger charge is 2.29. The number of nitrogens with zero attached hydrogens (tertiary/aromatic N) is 3. The van der Waals surface area contributed by atoms with Gasteiger partial charge in [-0.15, -0.1) is 0 Å². The molecule has 4 aromatic rings. The summed E-state index contributed by atoms with van der Waals surface area (Å²) in [6, 6.07) is 21.3. The van der Waals surface area contributed by atoms with E-state index in [0.29, 0.717) is 48.2 Å². The molecule has 0 spiro atoms. The molecule has 0 bridgehead atoms. The first-order valence-corrected chi connectivity index (χ1v) is 13.2. The number of rotatable bonds is 12. The van der Waals surface area contributed by atoms with E-state index in [0.717, 1.165) is 28.1 Å². The maximum absolute atomic E-state index is 14.1. The van der Waals surface area contributed by atoms with Crippen molar-refractivity contribution in [2.75, 3.05) is 40.2 Å². The Bertz CT molecular complexity index is 1480. The van der Waals surface area contributed by atoms with Crippen LogP contribution >= 0.6 is 0 Å². The predicted octanol–water partition coefficient (Wildman–Crippen LogP) is 5.11. The van der Waals surface area contributed by atoms with Gasteiger partial charge in [0, 0.05) is 45.5 Å². The second-order valence-electron chi connectivity index (χ2n) is 9.68. The average molecular weight is 559 g/mol. The van der Waals surface area contributed by atoms with Gasteiger partial charge >= 0.3 is 0 Å². The van der Waals surface area contributed by atoms with Crippen LogP contribution in [0.15, 0.2) is 66.7 Å². The van der Waals surface area contributed by atoms with Crippen LogP contribution in [0.2, 0.25) is 0 Å². The standard InChI is InChI=1S/C31H34N4O6/c1-21-13-29(35(33-21)16-22-9-11-25(39-4)12-10-22)32-27-14-26(40-19-37-2)15-28(41-20-38-3)30(27)31(36)34-17-23-7-5-6-8-24(23)18-34/h5-15,32H,16-20H2,1-4H3. The summed E-state index contributed by atoms with van der Waals surface area (Å²) in [7, 11) is 4.72. The van der Waals surface area contributed by atoms with Gasteiger partial charge < -0.3 is 33.9 Å². The first kappa shape index (κ1) is 28.0. The Morgan fingerprint density at radius 1 is 0.878 bits per heavy atom. The molecular formula is C31H34N4O6. The van der Waals surface area contributed by atoms with Crippen molar-refractivity contribution in [1.82, 2.24) is 14.7 Å². The van der Waals surface area contributed by atoms with Gasteiger partial charge in [0.25, 0.3) is 5.91 Å². The van der Waals surface area contributed by atoms with Crippen molar-refractivity contribution in [3.05, 3.63) is 94.7 Å². The number of carbonyl (C=O) groups is 1. The van der Waals surface area contributed by atoms with Gasteiger partial charge in [-0.3, -0.25) is 4.79 Å². The van der Waals surface area contributed by atoms with Crippen molar-refractivity contribution >= 4 is 17.4 Å². The van der Waals surface area contributed by atoms with E-state index in [1.165, 1.54) is 7.11 Å². The third-order valence-corrected chi connectivity index (χ3v) is 6.75. The van der Waals surface area contributed by atoms with Crippen LogP contribution in [0.3, 0.4) is 0 Å². The fraction of sp³-hybridized carbons (Fsp3) is 0.290. The lowest BCUT2D eigenvalue weighted by Crippen LogP contribution is -2.27. The lowest BCUT2D eigenvalue weighted by atomic mass is 10.1. The minimum atomic E-state index is -0.175. The number of methoxy groups -OCH3 is 3. The maximum Gasteiger partial charge on any atom is 0.260 e. The van der Waals surface area contributed by atoms with E-state index in [9.17, 15) is 4.79 Å². The Balaban J connectivity index is 1.53. The van der Waals surface area contributed by atoms with E-state index in [-0.39, 0.29) is 19.5 Å². The molecule has 0 saturated heterocycles. The van der Waals surface area contributed by atoms with Crippen molar-refractivity contribution in [2.45, 2.75) is 26.6 Å². The number of hydrogen-bond donors (Lipinski definition) is 1. The van der Waals surface area contributed by atoms with Gasteiger partial charge in [0.05, 0.1) is 25.0 Å². The van der Waals surface area contributed by atoms with Gasteiger partial charge in [-0.05, 0) is 35.7 Å². The Hall–Kier alpha value is -4.54. The molecule has 10 nitrogen and oxygen atoms in total. The summed E-state index contributed by atoms with van der Waals surface area (Å²) in [6.45, 7) is 3.45. The van der Waals surface area contributed by atoms with Crippen LogP contribution < -0.4 is 19.5 Å². The third kappa shape index (κ3) is 6.45. The van der Waals surface area contributed by atoms with Crippen LogP contribution in [-0.2, 0) is 29.1 Å². The molecule has 0 radical (unpaired) electrons. The van der Waals surface area contributed by atoms with Gasteiger partial charge in [-0.25, -0.2) is 4.68 Å². The van der Waals surface area contributed by atoms with Gasteiger partial charge in [0.15, 0.2) is 13.6 Å². The van der Waals surface area contributed by atoms with Gasteiger partial charge in [0.1, 0.15) is 28.6 Å². The second kappa shape index (κ2) is 12.8. The molecule has 0 atom stereocenters. The first-order valence-electron chi connectivity index (χ1n) is 13.2. The molecule has 1 aliphatic rings. The Morgan fingerprint density at radius 2 is 1.56 bits per heavy atom. The molecule has 1 aliphatic heterocycles. The monoisotopic (exact) mass is 558 g/mol. The fourth-order valence-electron chi connectivity index (χ4n) is 4.80.